The Hall–Kier alpha value is -2.88. The fourth-order valence-corrected chi connectivity index (χ4v) is 2.39. The monoisotopic (exact) mass is 350 g/mol. The Morgan fingerprint density at radius 1 is 1.19 bits per heavy atom. The lowest BCUT2D eigenvalue weighted by atomic mass is 10.0. The van der Waals surface area contributed by atoms with Crippen LogP contribution in [0.2, 0.25) is 0 Å². The minimum Gasteiger partial charge on any atom is -0.483 e. The first-order valence-corrected chi connectivity index (χ1v) is 8.75. The van der Waals surface area contributed by atoms with E-state index in [9.17, 15) is 4.79 Å². The minimum atomic E-state index is -0.284. The van der Waals surface area contributed by atoms with Gasteiger partial charge in [-0.3, -0.25) is 4.79 Å². The van der Waals surface area contributed by atoms with E-state index in [-0.39, 0.29) is 12.5 Å². The van der Waals surface area contributed by atoms with Crippen molar-refractivity contribution in [1.29, 1.82) is 0 Å². The van der Waals surface area contributed by atoms with Crippen LogP contribution < -0.4 is 10.2 Å². The van der Waals surface area contributed by atoms with Crippen LogP contribution in [-0.2, 0) is 4.79 Å². The van der Waals surface area contributed by atoms with Gasteiger partial charge in [0.15, 0.2) is 6.61 Å². The van der Waals surface area contributed by atoms with Gasteiger partial charge in [-0.1, -0.05) is 62.4 Å². The van der Waals surface area contributed by atoms with Crippen molar-refractivity contribution in [2.75, 3.05) is 6.61 Å². The Balaban J connectivity index is 1.89. The van der Waals surface area contributed by atoms with Crippen LogP contribution in [0.5, 0.6) is 5.75 Å². The maximum absolute atomic E-state index is 12.0. The lowest BCUT2D eigenvalue weighted by Crippen LogP contribution is -2.25. The quantitative estimate of drug-likeness (QED) is 0.581. The van der Waals surface area contributed by atoms with E-state index in [0.29, 0.717) is 11.6 Å². The number of nitrogens with one attached hydrogen (secondary N) is 1. The maximum atomic E-state index is 12.0. The summed E-state index contributed by atoms with van der Waals surface area (Å²) in [4.78, 5) is 12.0. The molecule has 0 spiro atoms. The highest BCUT2D eigenvalue weighted by Gasteiger charge is 2.10. The second-order valence-corrected chi connectivity index (χ2v) is 6.52. The Kier molecular flexibility index (Phi) is 7.15. The number of carbonyl (C=O) groups excluding carboxylic acids is 1. The zero-order valence-corrected chi connectivity index (χ0v) is 15.8. The molecule has 0 bridgehead atoms. The maximum Gasteiger partial charge on any atom is 0.277 e. The van der Waals surface area contributed by atoms with Gasteiger partial charge in [0.25, 0.3) is 5.91 Å². The smallest absolute Gasteiger partial charge is 0.277 e. The molecule has 2 aromatic rings. The average molecular weight is 350 g/mol. The van der Waals surface area contributed by atoms with Crippen LogP contribution in [0.1, 0.15) is 43.4 Å². The first-order chi connectivity index (χ1) is 12.5. The molecule has 0 atom stereocenters. The molecule has 0 radical (unpaired) electrons. The molecule has 0 fully saturated rings. The highest BCUT2D eigenvalue weighted by Crippen LogP contribution is 2.27. The molecule has 0 aliphatic carbocycles. The van der Waals surface area contributed by atoms with Crippen LogP contribution in [-0.4, -0.2) is 18.2 Å². The van der Waals surface area contributed by atoms with Gasteiger partial charge >= 0.3 is 0 Å². The SMILES string of the molecule is CC(/C=C/c1ccccc1)=N/NC(=O)COc1cc(C)ccc1C(C)C. The fraction of sp³-hybridized carbons (Fsp3) is 0.273. The van der Waals surface area contributed by atoms with E-state index in [2.05, 4.69) is 30.4 Å². The summed E-state index contributed by atoms with van der Waals surface area (Å²) in [6.07, 6.45) is 3.80. The average Bonchev–Trinajstić information content (AvgIpc) is 2.63. The van der Waals surface area contributed by atoms with E-state index in [1.807, 2.05) is 68.5 Å². The molecule has 0 saturated carbocycles. The number of nitrogens with zero attached hydrogens (tertiary/aromatic N) is 1. The number of hydrogen-bond acceptors (Lipinski definition) is 3. The number of allylic oxidation sites excluding steroid dienone is 1. The summed E-state index contributed by atoms with van der Waals surface area (Å²) >= 11 is 0. The van der Waals surface area contributed by atoms with E-state index in [0.717, 1.165) is 22.4 Å². The third kappa shape index (κ3) is 6.20. The van der Waals surface area contributed by atoms with Crippen molar-refractivity contribution >= 4 is 17.7 Å². The number of benzene rings is 2. The molecule has 1 N–H and O–H groups in total. The number of rotatable bonds is 7. The number of ether oxygens (including phenoxy) is 1. The number of hydrogen-bond donors (Lipinski definition) is 1. The summed E-state index contributed by atoms with van der Waals surface area (Å²) in [6, 6.07) is 16.0. The molecule has 0 aliphatic heterocycles. The summed E-state index contributed by atoms with van der Waals surface area (Å²) in [5.74, 6) is 0.797. The van der Waals surface area contributed by atoms with Gasteiger partial charge in [0, 0.05) is 0 Å². The zero-order valence-electron chi connectivity index (χ0n) is 15.8. The molecule has 0 saturated heterocycles. The molecule has 2 aromatic carbocycles. The highest BCUT2D eigenvalue weighted by atomic mass is 16.5. The topological polar surface area (TPSA) is 50.7 Å². The summed E-state index contributed by atoms with van der Waals surface area (Å²) in [6.45, 7) is 7.97. The van der Waals surface area contributed by atoms with Crippen molar-refractivity contribution in [1.82, 2.24) is 5.43 Å². The first kappa shape index (κ1) is 19.4. The summed E-state index contributed by atoms with van der Waals surface area (Å²) < 4.78 is 5.70. The van der Waals surface area contributed by atoms with Crippen LogP contribution in [0.25, 0.3) is 6.08 Å². The van der Waals surface area contributed by atoms with Gasteiger partial charge in [-0.15, -0.1) is 0 Å². The van der Waals surface area contributed by atoms with Gasteiger partial charge in [-0.2, -0.15) is 5.10 Å². The molecular formula is C22H26N2O2. The van der Waals surface area contributed by atoms with Crippen molar-refractivity contribution < 1.29 is 9.53 Å². The summed E-state index contributed by atoms with van der Waals surface area (Å²) in [5, 5.41) is 4.08. The van der Waals surface area contributed by atoms with Crippen molar-refractivity contribution in [2.45, 2.75) is 33.6 Å². The molecule has 0 aromatic heterocycles. The third-order valence-electron chi connectivity index (χ3n) is 3.82. The van der Waals surface area contributed by atoms with E-state index in [1.165, 1.54) is 0 Å². The van der Waals surface area contributed by atoms with Gasteiger partial charge < -0.3 is 4.74 Å². The van der Waals surface area contributed by atoms with Crippen molar-refractivity contribution in [3.63, 3.8) is 0 Å². The molecule has 2 rings (SSSR count). The van der Waals surface area contributed by atoms with E-state index in [1.54, 1.807) is 0 Å². The van der Waals surface area contributed by atoms with Gasteiger partial charge in [0.05, 0.1) is 5.71 Å². The summed E-state index contributed by atoms with van der Waals surface area (Å²) in [5.41, 5.74) is 6.51. The van der Waals surface area contributed by atoms with E-state index >= 15 is 0 Å². The molecule has 136 valence electrons. The van der Waals surface area contributed by atoms with Crippen LogP contribution in [0.3, 0.4) is 0 Å². The highest BCUT2D eigenvalue weighted by molar-refractivity contribution is 5.97. The third-order valence-corrected chi connectivity index (χ3v) is 3.82. The normalized spacial score (nSPS) is 11.8. The van der Waals surface area contributed by atoms with Crippen molar-refractivity contribution in [3.05, 3.63) is 71.3 Å². The van der Waals surface area contributed by atoms with Crippen LogP contribution in [0, 0.1) is 6.92 Å². The molecule has 4 heteroatoms. The Morgan fingerprint density at radius 2 is 1.92 bits per heavy atom. The van der Waals surface area contributed by atoms with Crippen LogP contribution in [0.15, 0.2) is 59.7 Å². The van der Waals surface area contributed by atoms with Gasteiger partial charge in [-0.05, 0) is 48.6 Å². The van der Waals surface area contributed by atoms with Crippen LogP contribution >= 0.6 is 0 Å². The van der Waals surface area contributed by atoms with E-state index in [4.69, 9.17) is 4.74 Å². The molecule has 0 unspecified atom stereocenters. The summed E-state index contributed by atoms with van der Waals surface area (Å²) in [7, 11) is 0. The standard InChI is InChI=1S/C22H26N2O2/c1-16(2)20-13-10-17(3)14-21(20)26-15-22(25)24-23-18(4)11-12-19-8-6-5-7-9-19/h5-14,16H,15H2,1-4H3,(H,24,25)/b12-11+,23-18-. The minimum absolute atomic E-state index is 0.0671. The fourth-order valence-electron chi connectivity index (χ4n) is 2.39. The second-order valence-electron chi connectivity index (χ2n) is 6.52. The van der Waals surface area contributed by atoms with Gasteiger partial charge in [0.1, 0.15) is 5.75 Å². The molecule has 1 amide bonds. The number of aryl methyl sites for hydroxylation is 1. The molecule has 26 heavy (non-hydrogen) atoms. The zero-order chi connectivity index (χ0) is 18.9. The van der Waals surface area contributed by atoms with Crippen molar-refractivity contribution in [3.8, 4) is 5.75 Å². The molecule has 0 aliphatic rings. The predicted octanol–water partition coefficient (Wildman–Crippen LogP) is 4.70. The molecule has 0 heterocycles. The Morgan fingerprint density at radius 3 is 2.62 bits per heavy atom. The first-order valence-electron chi connectivity index (χ1n) is 8.75. The predicted molar refractivity (Wildman–Crippen MR) is 107 cm³/mol. The Bertz CT molecular complexity index is 793. The lowest BCUT2D eigenvalue weighted by molar-refractivity contribution is -0.123. The number of carbonyl (C=O) groups is 1. The lowest BCUT2D eigenvalue weighted by Gasteiger charge is -2.14. The van der Waals surface area contributed by atoms with Crippen LogP contribution in [0.4, 0.5) is 0 Å². The number of amides is 1. The largest absolute Gasteiger partial charge is 0.483 e. The molecular weight excluding hydrogens is 324 g/mol. The molecule has 4 nitrogen and oxygen atoms in total. The Labute approximate surface area is 155 Å². The van der Waals surface area contributed by atoms with Gasteiger partial charge in [0.2, 0.25) is 0 Å². The van der Waals surface area contributed by atoms with Crippen molar-refractivity contribution in [2.24, 2.45) is 5.10 Å². The number of hydrazone groups is 1. The van der Waals surface area contributed by atoms with E-state index < -0.39 is 0 Å². The second kappa shape index (κ2) is 9.56. The van der Waals surface area contributed by atoms with Gasteiger partial charge in [-0.25, -0.2) is 5.43 Å².